The van der Waals surface area contributed by atoms with Crippen molar-refractivity contribution in [2.24, 2.45) is 0 Å². The van der Waals surface area contributed by atoms with Crippen LogP contribution in [0.15, 0.2) is 47.2 Å². The number of hydrogen-bond donors (Lipinski definition) is 1. The number of methoxy groups -OCH3 is 3. The van der Waals surface area contributed by atoms with Gasteiger partial charge >= 0.3 is 0 Å². The molecule has 0 unspecified atom stereocenters. The molecule has 0 aliphatic heterocycles. The maximum absolute atomic E-state index is 13.4. The van der Waals surface area contributed by atoms with Crippen molar-refractivity contribution in [3.63, 3.8) is 0 Å². The topological polar surface area (TPSA) is 87.5 Å². The van der Waals surface area contributed by atoms with Gasteiger partial charge in [-0.1, -0.05) is 12.1 Å². The predicted molar refractivity (Wildman–Crippen MR) is 121 cm³/mol. The number of nitrogens with one attached hydrogen (secondary N) is 1. The van der Waals surface area contributed by atoms with Crippen LogP contribution in [0.1, 0.15) is 15.2 Å². The molecule has 1 N–H and O–H groups in total. The lowest BCUT2D eigenvalue weighted by molar-refractivity contribution is 0.0946. The van der Waals surface area contributed by atoms with E-state index in [0.29, 0.717) is 41.1 Å². The Balaban J connectivity index is 1.74. The third-order valence-electron chi connectivity index (χ3n) is 4.45. The van der Waals surface area contributed by atoms with Crippen LogP contribution in [0.25, 0.3) is 10.7 Å². The third kappa shape index (κ3) is 4.25. The second-order valence-corrected chi connectivity index (χ2v) is 8.28. The van der Waals surface area contributed by atoms with E-state index in [1.807, 2.05) is 35.0 Å². The molecule has 8 nitrogen and oxygen atoms in total. The fraction of sp³-hybridized carbons (Fsp3) is 0.190. The second kappa shape index (κ2) is 9.19. The first kappa shape index (κ1) is 20.9. The summed E-state index contributed by atoms with van der Waals surface area (Å²) >= 11 is 3.13. The van der Waals surface area contributed by atoms with Gasteiger partial charge in [0.15, 0.2) is 17.3 Å². The summed E-state index contributed by atoms with van der Waals surface area (Å²) in [6, 6.07) is 11.0. The average molecular weight is 457 g/mol. The van der Waals surface area contributed by atoms with E-state index in [0.717, 1.165) is 9.75 Å². The van der Waals surface area contributed by atoms with Gasteiger partial charge in [-0.25, -0.2) is 0 Å². The van der Waals surface area contributed by atoms with Gasteiger partial charge in [-0.2, -0.15) is 9.67 Å². The highest BCUT2D eigenvalue weighted by Gasteiger charge is 2.23. The lowest BCUT2D eigenvalue weighted by Crippen LogP contribution is -2.18. The molecule has 4 rings (SSSR count). The summed E-state index contributed by atoms with van der Waals surface area (Å²) in [4.78, 5) is 20.0. The molecule has 4 aromatic rings. The van der Waals surface area contributed by atoms with Gasteiger partial charge in [0.05, 0.1) is 32.8 Å². The molecule has 0 fully saturated rings. The zero-order valence-corrected chi connectivity index (χ0v) is 18.8. The molecule has 3 heterocycles. The van der Waals surface area contributed by atoms with Crippen LogP contribution in [-0.4, -0.2) is 42.0 Å². The Morgan fingerprint density at radius 2 is 1.74 bits per heavy atom. The first-order valence-electron chi connectivity index (χ1n) is 9.26. The lowest BCUT2D eigenvalue weighted by atomic mass is 10.1. The molecule has 0 radical (unpaired) electrons. The minimum Gasteiger partial charge on any atom is -0.493 e. The van der Waals surface area contributed by atoms with Crippen LogP contribution in [0.5, 0.6) is 17.2 Å². The van der Waals surface area contributed by atoms with E-state index in [2.05, 4.69) is 15.4 Å². The van der Waals surface area contributed by atoms with Gasteiger partial charge in [0.25, 0.3) is 5.91 Å². The normalized spacial score (nSPS) is 10.7. The number of carbonyl (C=O) groups is 1. The van der Waals surface area contributed by atoms with Crippen molar-refractivity contribution < 1.29 is 19.0 Å². The van der Waals surface area contributed by atoms with Gasteiger partial charge in [0.1, 0.15) is 0 Å². The number of rotatable bonds is 8. The Hall–Kier alpha value is -3.37. The van der Waals surface area contributed by atoms with Crippen molar-refractivity contribution >= 4 is 34.5 Å². The summed E-state index contributed by atoms with van der Waals surface area (Å²) in [6.07, 6.45) is 0. The first-order valence-corrected chi connectivity index (χ1v) is 11.0. The minimum atomic E-state index is -0.372. The minimum absolute atomic E-state index is 0.330. The molecule has 0 aliphatic rings. The Bertz CT molecular complexity index is 1150. The number of nitrogens with zero attached hydrogens (tertiary/aromatic N) is 3. The van der Waals surface area contributed by atoms with Crippen molar-refractivity contribution in [3.05, 3.63) is 57.6 Å². The molecule has 10 heteroatoms. The number of anilines is 1. The molecule has 0 aliphatic carbocycles. The van der Waals surface area contributed by atoms with E-state index in [-0.39, 0.29) is 5.91 Å². The number of hydrogen-bond acceptors (Lipinski definition) is 9. The number of aromatic nitrogens is 3. The molecule has 3 aromatic heterocycles. The zero-order valence-electron chi connectivity index (χ0n) is 17.1. The standard InChI is InChI=1S/C21H20N4O4S2/c1-27-15-10-13(11-16(28-2)18(15)29-3)20(26)25-21(22-12-14-6-4-8-30-14)23-19(24-25)17-7-5-9-31-17/h4-11H,12H2,1-3H3,(H,22,23,24). The van der Waals surface area contributed by atoms with Crippen LogP contribution in [-0.2, 0) is 6.54 Å². The maximum Gasteiger partial charge on any atom is 0.281 e. The van der Waals surface area contributed by atoms with Crippen molar-refractivity contribution in [3.8, 4) is 28.0 Å². The molecule has 0 bridgehead atoms. The molecule has 0 atom stereocenters. The van der Waals surface area contributed by atoms with Crippen LogP contribution in [0, 0.1) is 0 Å². The van der Waals surface area contributed by atoms with Crippen LogP contribution in [0.4, 0.5) is 5.95 Å². The van der Waals surface area contributed by atoms with E-state index in [4.69, 9.17) is 14.2 Å². The van der Waals surface area contributed by atoms with Gasteiger partial charge in [0.2, 0.25) is 11.7 Å². The summed E-state index contributed by atoms with van der Waals surface area (Å²) in [6.45, 7) is 0.531. The Morgan fingerprint density at radius 1 is 1.03 bits per heavy atom. The Labute approximate surface area is 187 Å². The fourth-order valence-electron chi connectivity index (χ4n) is 2.98. The first-order chi connectivity index (χ1) is 15.1. The summed E-state index contributed by atoms with van der Waals surface area (Å²) in [5, 5.41) is 11.6. The largest absolute Gasteiger partial charge is 0.493 e. The Kier molecular flexibility index (Phi) is 6.19. The van der Waals surface area contributed by atoms with E-state index >= 15 is 0 Å². The van der Waals surface area contributed by atoms with Crippen LogP contribution in [0.3, 0.4) is 0 Å². The maximum atomic E-state index is 13.4. The third-order valence-corrected chi connectivity index (χ3v) is 6.20. The lowest BCUT2D eigenvalue weighted by Gasteiger charge is -2.14. The molecule has 0 amide bonds. The summed E-state index contributed by atoms with van der Waals surface area (Å²) in [7, 11) is 4.52. The fourth-order valence-corrected chi connectivity index (χ4v) is 4.28. The van der Waals surface area contributed by atoms with Crippen molar-refractivity contribution in [1.29, 1.82) is 0 Å². The number of thiophene rings is 2. The summed E-state index contributed by atoms with van der Waals surface area (Å²) < 4.78 is 17.4. The van der Waals surface area contributed by atoms with Crippen LogP contribution >= 0.6 is 22.7 Å². The number of carbonyl (C=O) groups excluding carboxylic acids is 1. The van der Waals surface area contributed by atoms with E-state index in [1.165, 1.54) is 37.3 Å². The average Bonchev–Trinajstić information content (AvgIpc) is 3.57. The molecule has 1 aromatic carbocycles. The molecule has 0 saturated carbocycles. The number of ether oxygens (including phenoxy) is 3. The second-order valence-electron chi connectivity index (χ2n) is 6.30. The quantitative estimate of drug-likeness (QED) is 0.421. The van der Waals surface area contributed by atoms with Crippen LogP contribution in [0.2, 0.25) is 0 Å². The smallest absolute Gasteiger partial charge is 0.281 e. The highest BCUT2D eigenvalue weighted by molar-refractivity contribution is 7.13. The van der Waals surface area contributed by atoms with Crippen molar-refractivity contribution in [2.75, 3.05) is 26.6 Å². The van der Waals surface area contributed by atoms with Gasteiger partial charge in [-0.3, -0.25) is 4.79 Å². The highest BCUT2D eigenvalue weighted by Crippen LogP contribution is 2.38. The van der Waals surface area contributed by atoms with E-state index in [9.17, 15) is 4.79 Å². The molecule has 0 spiro atoms. The SMILES string of the molecule is COc1cc(C(=O)n2nc(-c3cccs3)nc2NCc2cccs2)cc(OC)c1OC. The molecule has 0 saturated heterocycles. The number of benzene rings is 1. The summed E-state index contributed by atoms with van der Waals surface area (Å²) in [5.74, 6) is 1.65. The highest BCUT2D eigenvalue weighted by atomic mass is 32.1. The monoisotopic (exact) mass is 456 g/mol. The van der Waals surface area contributed by atoms with Crippen molar-refractivity contribution in [1.82, 2.24) is 14.8 Å². The van der Waals surface area contributed by atoms with Gasteiger partial charge in [0, 0.05) is 10.4 Å². The van der Waals surface area contributed by atoms with Gasteiger partial charge < -0.3 is 19.5 Å². The van der Waals surface area contributed by atoms with E-state index < -0.39 is 0 Å². The van der Waals surface area contributed by atoms with Gasteiger partial charge in [-0.05, 0) is 35.0 Å². The molecule has 160 valence electrons. The van der Waals surface area contributed by atoms with E-state index in [1.54, 1.807) is 23.5 Å². The molecular formula is C21H20N4O4S2. The van der Waals surface area contributed by atoms with Crippen molar-refractivity contribution in [2.45, 2.75) is 6.54 Å². The zero-order chi connectivity index (χ0) is 21.8. The van der Waals surface area contributed by atoms with Crippen LogP contribution < -0.4 is 19.5 Å². The molecule has 31 heavy (non-hydrogen) atoms. The van der Waals surface area contributed by atoms with Gasteiger partial charge in [-0.15, -0.1) is 27.8 Å². The Morgan fingerprint density at radius 3 is 2.32 bits per heavy atom. The molecular weight excluding hydrogens is 436 g/mol. The summed E-state index contributed by atoms with van der Waals surface area (Å²) in [5.41, 5.74) is 0.330. The predicted octanol–water partition coefficient (Wildman–Crippen LogP) is 4.39.